The van der Waals surface area contributed by atoms with Gasteiger partial charge in [-0.25, -0.2) is 8.42 Å². The van der Waals surface area contributed by atoms with Crippen molar-refractivity contribution in [1.29, 1.82) is 0 Å². The Kier molecular flexibility index (Phi) is 6.45. The molecule has 2 heterocycles. The Morgan fingerprint density at radius 3 is 2.60 bits per heavy atom. The van der Waals surface area contributed by atoms with Gasteiger partial charge >= 0.3 is 0 Å². The summed E-state index contributed by atoms with van der Waals surface area (Å²) >= 11 is 6.11. The number of halogens is 1. The molecule has 1 saturated heterocycles. The first kappa shape index (κ1) is 22.6. The van der Waals surface area contributed by atoms with E-state index in [2.05, 4.69) is 10.2 Å². The van der Waals surface area contributed by atoms with Gasteiger partial charge < -0.3 is 15.1 Å². The van der Waals surface area contributed by atoms with Crippen LogP contribution < -0.4 is 5.32 Å². The molecule has 1 aromatic carbocycles. The fourth-order valence-corrected chi connectivity index (χ4v) is 5.73. The quantitative estimate of drug-likeness (QED) is 0.727. The highest BCUT2D eigenvalue weighted by atomic mass is 35.5. The molecule has 0 spiro atoms. The highest BCUT2D eigenvalue weighted by Crippen LogP contribution is 2.29. The lowest BCUT2D eigenvalue weighted by molar-refractivity contribution is -0.135. The van der Waals surface area contributed by atoms with E-state index in [0.29, 0.717) is 29.2 Å². The van der Waals surface area contributed by atoms with Gasteiger partial charge in [0.25, 0.3) is 10.0 Å². The van der Waals surface area contributed by atoms with Crippen LogP contribution in [0.15, 0.2) is 29.4 Å². The number of nitrogens with one attached hydrogen (secondary N) is 1. The van der Waals surface area contributed by atoms with Crippen LogP contribution >= 0.6 is 11.6 Å². The predicted molar refractivity (Wildman–Crippen MR) is 114 cm³/mol. The average Bonchev–Trinajstić information content (AvgIpc) is 3.16. The van der Waals surface area contributed by atoms with Crippen molar-refractivity contribution in [2.75, 3.05) is 27.2 Å². The van der Waals surface area contributed by atoms with E-state index in [0.717, 1.165) is 10.7 Å². The van der Waals surface area contributed by atoms with Crippen LogP contribution in [0, 0.1) is 13.8 Å². The van der Waals surface area contributed by atoms with Crippen molar-refractivity contribution >= 4 is 33.4 Å². The molecular weight excluding hydrogens is 428 g/mol. The zero-order valence-electron chi connectivity index (χ0n) is 17.6. The van der Waals surface area contributed by atoms with Crippen molar-refractivity contribution in [2.45, 2.75) is 43.7 Å². The van der Waals surface area contributed by atoms with Crippen LogP contribution in [0.5, 0.6) is 0 Å². The SMILES string of the molecule is Cc1cc(S(=O)(=O)N2C=CNC(=O)[C@H]2CC(=O)N2CC[C@@H](N(C)C)C2)c(C)cc1Cl. The average molecular weight is 455 g/mol. The number of nitrogens with zero attached hydrogens (tertiary/aromatic N) is 3. The molecule has 2 aliphatic rings. The van der Waals surface area contributed by atoms with E-state index >= 15 is 0 Å². The number of rotatable bonds is 5. The second-order valence-electron chi connectivity index (χ2n) is 7.99. The van der Waals surface area contributed by atoms with Gasteiger partial charge in [0.05, 0.1) is 11.3 Å². The lowest BCUT2D eigenvalue weighted by atomic mass is 10.1. The third-order valence-electron chi connectivity index (χ3n) is 5.68. The fraction of sp³-hybridized carbons (Fsp3) is 0.500. The molecule has 0 aliphatic carbocycles. The molecule has 0 aromatic heterocycles. The van der Waals surface area contributed by atoms with Crippen molar-refractivity contribution in [3.05, 3.63) is 40.7 Å². The maximum atomic E-state index is 13.4. The monoisotopic (exact) mass is 454 g/mol. The molecule has 0 saturated carbocycles. The van der Waals surface area contributed by atoms with E-state index in [-0.39, 0.29) is 23.3 Å². The van der Waals surface area contributed by atoms with Crippen LogP contribution in [0.1, 0.15) is 24.0 Å². The second kappa shape index (κ2) is 8.56. The Labute approximate surface area is 182 Å². The van der Waals surface area contributed by atoms with Crippen molar-refractivity contribution in [3.8, 4) is 0 Å². The van der Waals surface area contributed by atoms with Crippen molar-refractivity contribution in [2.24, 2.45) is 0 Å². The molecule has 1 fully saturated rings. The molecule has 164 valence electrons. The Hall–Kier alpha value is -2.10. The molecule has 0 bridgehead atoms. The van der Waals surface area contributed by atoms with Gasteiger partial charge in [-0.3, -0.25) is 13.9 Å². The summed E-state index contributed by atoms with van der Waals surface area (Å²) in [6.45, 7) is 4.53. The summed E-state index contributed by atoms with van der Waals surface area (Å²) in [5, 5.41) is 2.99. The van der Waals surface area contributed by atoms with Gasteiger partial charge in [0.15, 0.2) is 0 Å². The second-order valence-corrected chi connectivity index (χ2v) is 10.2. The first-order valence-corrected chi connectivity index (χ1v) is 11.6. The van der Waals surface area contributed by atoms with Crippen molar-refractivity contribution in [1.82, 2.24) is 19.4 Å². The standard InChI is InChI=1S/C20H27ClN4O4S/c1-13-10-18(14(2)9-16(13)21)30(28,29)25-8-6-22-20(27)17(25)11-19(26)24-7-5-15(12-24)23(3)4/h6,8-10,15,17H,5,7,11-12H2,1-4H3,(H,22,27)/t15-,17-/m1/s1. The Balaban J connectivity index is 1.87. The number of hydrogen-bond donors (Lipinski definition) is 1. The molecular formula is C20H27ClN4O4S. The largest absolute Gasteiger partial charge is 0.341 e. The van der Waals surface area contributed by atoms with E-state index in [9.17, 15) is 18.0 Å². The molecule has 2 amide bonds. The van der Waals surface area contributed by atoms with Gasteiger partial charge in [0.1, 0.15) is 6.04 Å². The number of aryl methyl sites for hydroxylation is 2. The number of sulfonamides is 1. The van der Waals surface area contributed by atoms with Gasteiger partial charge in [0, 0.05) is 36.6 Å². The number of carbonyl (C=O) groups excluding carboxylic acids is 2. The number of benzene rings is 1. The molecule has 10 heteroatoms. The van der Waals surface area contributed by atoms with Crippen LogP contribution in [0.3, 0.4) is 0 Å². The van der Waals surface area contributed by atoms with Gasteiger partial charge in [0.2, 0.25) is 11.8 Å². The summed E-state index contributed by atoms with van der Waals surface area (Å²) in [4.78, 5) is 29.2. The smallest absolute Gasteiger partial charge is 0.264 e. The lowest BCUT2D eigenvalue weighted by Gasteiger charge is -2.32. The van der Waals surface area contributed by atoms with Gasteiger partial charge in [-0.05, 0) is 57.6 Å². The molecule has 1 aromatic rings. The molecule has 2 atom stereocenters. The van der Waals surface area contributed by atoms with E-state index < -0.39 is 22.0 Å². The number of carbonyl (C=O) groups is 2. The van der Waals surface area contributed by atoms with E-state index in [1.807, 2.05) is 14.1 Å². The fourth-order valence-electron chi connectivity index (χ4n) is 3.77. The Morgan fingerprint density at radius 2 is 1.97 bits per heavy atom. The summed E-state index contributed by atoms with van der Waals surface area (Å²) in [5.41, 5.74) is 1.09. The van der Waals surface area contributed by atoms with Crippen LogP contribution in [0.2, 0.25) is 5.02 Å². The molecule has 8 nitrogen and oxygen atoms in total. The third-order valence-corrected chi connectivity index (χ3v) is 8.02. The number of amides is 2. The highest BCUT2D eigenvalue weighted by Gasteiger charge is 2.39. The van der Waals surface area contributed by atoms with Gasteiger partial charge in [-0.15, -0.1) is 0 Å². The van der Waals surface area contributed by atoms with E-state index in [1.165, 1.54) is 18.5 Å². The normalized spacial score (nSPS) is 22.0. The third kappa shape index (κ3) is 4.33. The zero-order valence-corrected chi connectivity index (χ0v) is 19.1. The summed E-state index contributed by atoms with van der Waals surface area (Å²) < 4.78 is 27.8. The Bertz CT molecular complexity index is 993. The number of hydrogen-bond acceptors (Lipinski definition) is 5. The molecule has 0 unspecified atom stereocenters. The molecule has 30 heavy (non-hydrogen) atoms. The summed E-state index contributed by atoms with van der Waals surface area (Å²) in [7, 11) is -0.137. The minimum atomic E-state index is -4.06. The zero-order chi connectivity index (χ0) is 22.2. The number of likely N-dealkylation sites (N-methyl/N-ethyl adjacent to an activating group) is 1. The predicted octanol–water partition coefficient (Wildman–Crippen LogP) is 1.47. The van der Waals surface area contributed by atoms with Crippen molar-refractivity contribution in [3.63, 3.8) is 0 Å². The maximum Gasteiger partial charge on any atom is 0.264 e. The van der Waals surface area contributed by atoms with Crippen molar-refractivity contribution < 1.29 is 18.0 Å². The summed E-state index contributed by atoms with van der Waals surface area (Å²) in [6, 6.07) is 2.19. The van der Waals surface area contributed by atoms with Crippen LogP contribution in [-0.2, 0) is 19.6 Å². The van der Waals surface area contributed by atoms with Crippen LogP contribution in [-0.4, -0.2) is 73.6 Å². The molecule has 0 radical (unpaired) electrons. The van der Waals surface area contributed by atoms with Crippen LogP contribution in [0.25, 0.3) is 0 Å². The molecule has 1 N–H and O–H groups in total. The topological polar surface area (TPSA) is 90.0 Å². The Morgan fingerprint density at radius 1 is 1.27 bits per heavy atom. The summed E-state index contributed by atoms with van der Waals surface area (Å²) in [5.74, 6) is -0.764. The van der Waals surface area contributed by atoms with Gasteiger partial charge in [-0.1, -0.05) is 11.6 Å². The lowest BCUT2D eigenvalue weighted by Crippen LogP contribution is -2.51. The van der Waals surface area contributed by atoms with E-state index in [1.54, 1.807) is 24.8 Å². The van der Waals surface area contributed by atoms with Crippen LogP contribution in [0.4, 0.5) is 0 Å². The van der Waals surface area contributed by atoms with E-state index in [4.69, 9.17) is 11.6 Å². The first-order valence-electron chi connectivity index (χ1n) is 9.74. The number of likely N-dealkylation sites (tertiary alicyclic amines) is 1. The maximum absolute atomic E-state index is 13.4. The summed E-state index contributed by atoms with van der Waals surface area (Å²) in [6.07, 6.45) is 3.20. The molecule has 2 aliphatic heterocycles. The minimum absolute atomic E-state index is 0.0649. The highest BCUT2D eigenvalue weighted by molar-refractivity contribution is 7.89. The first-order chi connectivity index (χ1) is 14.0. The minimum Gasteiger partial charge on any atom is -0.341 e. The molecule has 3 rings (SSSR count). The van der Waals surface area contributed by atoms with Gasteiger partial charge in [-0.2, -0.15) is 0 Å².